The first-order valence-corrected chi connectivity index (χ1v) is 9.85. The largest absolute Gasteiger partial charge is 0.301 e. The number of aromatic nitrogens is 1. The maximum atomic E-state index is 13.1. The second-order valence-electron chi connectivity index (χ2n) is 6.55. The standard InChI is InChI=1S/C21H19F3N2S/c1-13-6-8-14(9-7-13)19-16-5-3-2-4-15(16)17(12-25)21(26-19)27-11-10-18(22)20(23)24/h6-9H,2-5,10-11H2,1H3. The molecule has 0 amide bonds. The summed E-state index contributed by atoms with van der Waals surface area (Å²) in [4.78, 5) is 4.71. The summed E-state index contributed by atoms with van der Waals surface area (Å²) in [6, 6.07) is 10.3. The number of hydrogen-bond acceptors (Lipinski definition) is 3. The van der Waals surface area contributed by atoms with Gasteiger partial charge in [0.1, 0.15) is 11.1 Å². The van der Waals surface area contributed by atoms with E-state index in [1.165, 1.54) is 0 Å². The van der Waals surface area contributed by atoms with Gasteiger partial charge in [0.05, 0.1) is 11.3 Å². The van der Waals surface area contributed by atoms with E-state index in [0.29, 0.717) is 10.6 Å². The fourth-order valence-corrected chi connectivity index (χ4v) is 4.24. The van der Waals surface area contributed by atoms with E-state index in [0.717, 1.165) is 65.4 Å². The zero-order valence-corrected chi connectivity index (χ0v) is 15.8. The number of aryl methyl sites for hydroxylation is 1. The van der Waals surface area contributed by atoms with Crippen molar-refractivity contribution in [3.63, 3.8) is 0 Å². The first-order valence-electron chi connectivity index (χ1n) is 8.86. The third-order valence-electron chi connectivity index (χ3n) is 4.68. The van der Waals surface area contributed by atoms with Gasteiger partial charge in [-0.2, -0.15) is 14.0 Å². The lowest BCUT2D eigenvalue weighted by molar-refractivity contribution is 0.373. The molecule has 0 spiro atoms. The number of halogens is 3. The van der Waals surface area contributed by atoms with Crippen LogP contribution in [0.4, 0.5) is 13.2 Å². The molecule has 0 aliphatic heterocycles. The van der Waals surface area contributed by atoms with Gasteiger partial charge in [0.25, 0.3) is 0 Å². The van der Waals surface area contributed by atoms with Crippen molar-refractivity contribution < 1.29 is 13.2 Å². The van der Waals surface area contributed by atoms with Gasteiger partial charge in [-0.25, -0.2) is 9.37 Å². The average Bonchev–Trinajstić information content (AvgIpc) is 2.67. The number of rotatable bonds is 5. The van der Waals surface area contributed by atoms with Crippen molar-refractivity contribution in [3.05, 3.63) is 58.4 Å². The first-order chi connectivity index (χ1) is 13.0. The Balaban J connectivity index is 2.02. The highest BCUT2D eigenvalue weighted by molar-refractivity contribution is 7.99. The third kappa shape index (κ3) is 4.36. The van der Waals surface area contributed by atoms with E-state index < -0.39 is 11.9 Å². The number of pyridine rings is 1. The lowest BCUT2D eigenvalue weighted by Crippen LogP contribution is -2.10. The minimum absolute atomic E-state index is 0.108. The van der Waals surface area contributed by atoms with Gasteiger partial charge in [0.15, 0.2) is 5.83 Å². The summed E-state index contributed by atoms with van der Waals surface area (Å²) in [6.07, 6.45) is 1.08. The molecule has 0 unspecified atom stereocenters. The van der Waals surface area contributed by atoms with Crippen LogP contribution in [-0.2, 0) is 12.8 Å². The fraction of sp³-hybridized carbons (Fsp3) is 0.333. The molecule has 6 heteroatoms. The number of fused-ring (bicyclic) bond motifs is 1. The molecule has 0 radical (unpaired) electrons. The van der Waals surface area contributed by atoms with Gasteiger partial charge < -0.3 is 0 Å². The molecular weight excluding hydrogens is 369 g/mol. The molecule has 3 rings (SSSR count). The smallest absolute Gasteiger partial charge is 0.240 e. The molecule has 1 aliphatic rings. The Hall–Kier alpha value is -2.26. The van der Waals surface area contributed by atoms with Crippen LogP contribution in [0.3, 0.4) is 0 Å². The van der Waals surface area contributed by atoms with Crippen molar-refractivity contribution in [1.82, 2.24) is 4.98 Å². The van der Waals surface area contributed by atoms with E-state index >= 15 is 0 Å². The summed E-state index contributed by atoms with van der Waals surface area (Å²) in [5.41, 5.74) is 5.59. The Labute approximate surface area is 161 Å². The summed E-state index contributed by atoms with van der Waals surface area (Å²) in [5.74, 6) is -1.30. The molecule has 1 aromatic heterocycles. The lowest BCUT2D eigenvalue weighted by atomic mass is 9.86. The van der Waals surface area contributed by atoms with E-state index in [-0.39, 0.29) is 12.2 Å². The minimum atomic E-state index is -2.28. The Kier molecular flexibility index (Phi) is 6.22. The van der Waals surface area contributed by atoms with Crippen molar-refractivity contribution in [2.24, 2.45) is 0 Å². The van der Waals surface area contributed by atoms with Gasteiger partial charge in [0, 0.05) is 17.7 Å². The minimum Gasteiger partial charge on any atom is -0.240 e. The van der Waals surface area contributed by atoms with E-state index in [1.807, 2.05) is 31.2 Å². The molecule has 2 aromatic rings. The van der Waals surface area contributed by atoms with Crippen LogP contribution >= 0.6 is 11.8 Å². The SMILES string of the molecule is Cc1ccc(-c2nc(SCCC(F)=C(F)F)c(C#N)c3c2CCCC3)cc1. The van der Waals surface area contributed by atoms with Gasteiger partial charge >= 0.3 is 6.08 Å². The predicted octanol–water partition coefficient (Wildman–Crippen LogP) is 6.37. The van der Waals surface area contributed by atoms with Crippen LogP contribution < -0.4 is 0 Å². The highest BCUT2D eigenvalue weighted by Crippen LogP contribution is 2.37. The summed E-state index contributed by atoms with van der Waals surface area (Å²) < 4.78 is 37.6. The van der Waals surface area contributed by atoms with Gasteiger partial charge in [0.2, 0.25) is 0 Å². The maximum absolute atomic E-state index is 13.1. The number of benzene rings is 1. The zero-order valence-electron chi connectivity index (χ0n) is 15.0. The number of nitriles is 1. The molecule has 140 valence electrons. The molecule has 0 fully saturated rings. The van der Waals surface area contributed by atoms with E-state index in [4.69, 9.17) is 4.98 Å². The van der Waals surface area contributed by atoms with Crippen molar-refractivity contribution in [2.45, 2.75) is 44.1 Å². The normalized spacial score (nSPS) is 13.0. The molecule has 2 nitrogen and oxygen atoms in total. The second kappa shape index (κ2) is 8.62. The predicted molar refractivity (Wildman–Crippen MR) is 101 cm³/mol. The van der Waals surface area contributed by atoms with E-state index in [1.54, 1.807) is 0 Å². The number of thioether (sulfide) groups is 1. The lowest BCUT2D eigenvalue weighted by Gasteiger charge is -2.22. The second-order valence-corrected chi connectivity index (χ2v) is 7.63. The number of hydrogen-bond donors (Lipinski definition) is 0. The topological polar surface area (TPSA) is 36.7 Å². The van der Waals surface area contributed by atoms with Crippen molar-refractivity contribution >= 4 is 11.8 Å². The van der Waals surface area contributed by atoms with Crippen LogP contribution in [0.5, 0.6) is 0 Å². The van der Waals surface area contributed by atoms with Crippen LogP contribution in [0.15, 0.2) is 41.2 Å². The Morgan fingerprint density at radius 1 is 1.11 bits per heavy atom. The molecule has 0 bridgehead atoms. The third-order valence-corrected chi connectivity index (χ3v) is 5.66. The zero-order chi connectivity index (χ0) is 19.4. The van der Waals surface area contributed by atoms with Crippen molar-refractivity contribution in [1.29, 1.82) is 5.26 Å². The van der Waals surface area contributed by atoms with Gasteiger partial charge in [-0.05, 0) is 43.7 Å². The summed E-state index contributed by atoms with van der Waals surface area (Å²) >= 11 is 1.16. The molecule has 27 heavy (non-hydrogen) atoms. The van der Waals surface area contributed by atoms with E-state index in [2.05, 4.69) is 6.07 Å². The highest BCUT2D eigenvalue weighted by Gasteiger charge is 2.23. The molecule has 1 heterocycles. The Morgan fingerprint density at radius 3 is 2.41 bits per heavy atom. The van der Waals surface area contributed by atoms with Gasteiger partial charge in [-0.3, -0.25) is 0 Å². The van der Waals surface area contributed by atoms with Crippen LogP contribution in [-0.4, -0.2) is 10.7 Å². The Morgan fingerprint density at radius 2 is 1.78 bits per heavy atom. The van der Waals surface area contributed by atoms with Crippen LogP contribution in [0.25, 0.3) is 11.3 Å². The van der Waals surface area contributed by atoms with Crippen LogP contribution in [0.1, 0.15) is 41.5 Å². The summed E-state index contributed by atoms with van der Waals surface area (Å²) in [7, 11) is 0. The maximum Gasteiger partial charge on any atom is 0.301 e. The van der Waals surface area contributed by atoms with Gasteiger partial charge in [-0.1, -0.05) is 29.8 Å². The molecule has 1 aliphatic carbocycles. The monoisotopic (exact) mass is 388 g/mol. The molecule has 0 atom stereocenters. The summed E-state index contributed by atoms with van der Waals surface area (Å²) in [5, 5.41) is 10.2. The number of allylic oxidation sites excluding steroid dienone is 1. The first kappa shape index (κ1) is 19.5. The van der Waals surface area contributed by atoms with Crippen molar-refractivity contribution in [2.75, 3.05) is 5.75 Å². The summed E-state index contributed by atoms with van der Waals surface area (Å²) in [6.45, 7) is 2.01. The average molecular weight is 388 g/mol. The van der Waals surface area contributed by atoms with Gasteiger partial charge in [-0.15, -0.1) is 11.8 Å². The molecule has 0 saturated heterocycles. The number of nitrogens with zero attached hydrogens (tertiary/aromatic N) is 2. The quantitative estimate of drug-likeness (QED) is 0.559. The fourth-order valence-electron chi connectivity index (χ4n) is 3.30. The molecule has 0 saturated carbocycles. The molecule has 1 aromatic carbocycles. The van der Waals surface area contributed by atoms with E-state index in [9.17, 15) is 18.4 Å². The van der Waals surface area contributed by atoms with Crippen LogP contribution in [0, 0.1) is 18.3 Å². The molecule has 0 N–H and O–H groups in total. The van der Waals surface area contributed by atoms with Crippen LogP contribution in [0.2, 0.25) is 0 Å². The molecular formula is C21H19F3N2S. The Bertz CT molecular complexity index is 911. The highest BCUT2D eigenvalue weighted by atomic mass is 32.2. The van der Waals surface area contributed by atoms with Crippen molar-refractivity contribution in [3.8, 4) is 17.3 Å².